The molecule has 0 bridgehead atoms. The van der Waals surface area contributed by atoms with Crippen LogP contribution in [-0.2, 0) is 0 Å². The summed E-state index contributed by atoms with van der Waals surface area (Å²) in [6.45, 7) is 2.83. The van der Waals surface area contributed by atoms with Gasteiger partial charge in [0.2, 0.25) is 0 Å². The minimum atomic E-state index is -0.184. The molecule has 2 N–H and O–H groups in total. The van der Waals surface area contributed by atoms with Crippen molar-refractivity contribution in [3.8, 4) is 5.69 Å². The maximum absolute atomic E-state index is 11.6. The second-order valence-corrected chi connectivity index (χ2v) is 4.39. The predicted molar refractivity (Wildman–Crippen MR) is 75.7 cm³/mol. The smallest absolute Gasteiger partial charge is 0.319 e. The predicted octanol–water partition coefficient (Wildman–Crippen LogP) is 1.97. The topological polar surface area (TPSA) is 84.7 Å². The molecule has 0 aliphatic rings. The van der Waals surface area contributed by atoms with Crippen molar-refractivity contribution in [2.75, 3.05) is 11.9 Å². The first-order chi connectivity index (χ1) is 9.79. The molecular weight excluding hydrogens is 256 g/mol. The van der Waals surface area contributed by atoms with Gasteiger partial charge >= 0.3 is 6.03 Å². The van der Waals surface area contributed by atoms with E-state index in [9.17, 15) is 4.79 Å². The van der Waals surface area contributed by atoms with Crippen LogP contribution in [0.3, 0.4) is 0 Å². The van der Waals surface area contributed by atoms with Crippen molar-refractivity contribution in [1.29, 1.82) is 0 Å². The zero-order valence-electron chi connectivity index (χ0n) is 11.4. The quantitative estimate of drug-likeness (QED) is 0.789. The van der Waals surface area contributed by atoms with Crippen molar-refractivity contribution < 1.29 is 4.79 Å². The van der Waals surface area contributed by atoms with Gasteiger partial charge in [-0.15, -0.1) is 5.10 Å². The zero-order chi connectivity index (χ0) is 14.2. The van der Waals surface area contributed by atoms with E-state index in [1.807, 2.05) is 24.3 Å². The Balaban J connectivity index is 1.83. The molecule has 20 heavy (non-hydrogen) atoms. The molecule has 1 aromatic carbocycles. The highest BCUT2D eigenvalue weighted by atomic mass is 16.2. The monoisotopic (exact) mass is 274 g/mol. The van der Waals surface area contributed by atoms with Crippen molar-refractivity contribution in [2.45, 2.75) is 26.2 Å². The number of benzene rings is 1. The number of nitrogens with one attached hydrogen (secondary N) is 2. The molecule has 0 saturated heterocycles. The Kier molecular flexibility index (Phi) is 5.05. The van der Waals surface area contributed by atoms with E-state index < -0.39 is 0 Å². The maximum atomic E-state index is 11.6. The first-order valence-corrected chi connectivity index (χ1v) is 6.68. The highest BCUT2D eigenvalue weighted by Crippen LogP contribution is 2.11. The lowest BCUT2D eigenvalue weighted by atomic mass is 10.2. The number of hydrogen-bond donors (Lipinski definition) is 2. The highest BCUT2D eigenvalue weighted by molar-refractivity contribution is 5.89. The summed E-state index contributed by atoms with van der Waals surface area (Å²) in [5, 5.41) is 16.5. The lowest BCUT2D eigenvalue weighted by molar-refractivity contribution is 0.252. The molecule has 7 heteroatoms. The molecule has 0 spiro atoms. The maximum Gasteiger partial charge on any atom is 0.319 e. The number of nitrogens with zero attached hydrogens (tertiary/aromatic N) is 4. The Labute approximate surface area is 117 Å². The van der Waals surface area contributed by atoms with Gasteiger partial charge in [-0.05, 0) is 41.1 Å². The molecule has 7 nitrogen and oxygen atoms in total. The molecule has 0 radical (unpaired) electrons. The lowest BCUT2D eigenvalue weighted by Crippen LogP contribution is -2.29. The van der Waals surface area contributed by atoms with Crippen LogP contribution in [-0.4, -0.2) is 32.8 Å². The molecule has 2 amide bonds. The van der Waals surface area contributed by atoms with Crippen LogP contribution in [0.15, 0.2) is 30.6 Å². The van der Waals surface area contributed by atoms with Gasteiger partial charge in [0.25, 0.3) is 0 Å². The summed E-state index contributed by atoms with van der Waals surface area (Å²) in [6, 6.07) is 7.11. The van der Waals surface area contributed by atoms with Gasteiger partial charge in [0.05, 0.1) is 5.69 Å². The van der Waals surface area contributed by atoms with E-state index in [-0.39, 0.29) is 6.03 Å². The summed E-state index contributed by atoms with van der Waals surface area (Å²) in [4.78, 5) is 11.6. The molecule has 0 aliphatic carbocycles. The molecule has 0 atom stereocenters. The fourth-order valence-corrected chi connectivity index (χ4v) is 1.73. The normalized spacial score (nSPS) is 10.2. The summed E-state index contributed by atoms with van der Waals surface area (Å²) in [5.41, 5.74) is 1.57. The number of unbranched alkanes of at least 4 members (excludes halogenated alkanes) is 2. The minimum Gasteiger partial charge on any atom is -0.338 e. The Morgan fingerprint density at radius 2 is 2.05 bits per heavy atom. The number of carbonyl (C=O) groups excluding carboxylic acids is 1. The summed E-state index contributed by atoms with van der Waals surface area (Å²) < 4.78 is 1.55. The number of anilines is 1. The van der Waals surface area contributed by atoms with Gasteiger partial charge in [0, 0.05) is 12.2 Å². The van der Waals surface area contributed by atoms with Gasteiger partial charge in [-0.2, -0.15) is 0 Å². The first-order valence-electron chi connectivity index (χ1n) is 6.68. The average molecular weight is 274 g/mol. The molecule has 0 saturated carbocycles. The highest BCUT2D eigenvalue weighted by Gasteiger charge is 2.02. The first kappa shape index (κ1) is 14.0. The number of aromatic nitrogens is 4. The van der Waals surface area contributed by atoms with Gasteiger partial charge in [-0.25, -0.2) is 9.48 Å². The van der Waals surface area contributed by atoms with Crippen molar-refractivity contribution >= 4 is 11.7 Å². The number of hydrogen-bond acceptors (Lipinski definition) is 4. The summed E-state index contributed by atoms with van der Waals surface area (Å²) in [6.07, 6.45) is 4.79. The number of amides is 2. The molecule has 2 rings (SSSR count). The molecule has 0 fully saturated rings. The third-order valence-corrected chi connectivity index (χ3v) is 2.80. The van der Waals surface area contributed by atoms with E-state index in [0.29, 0.717) is 6.54 Å². The van der Waals surface area contributed by atoms with Crippen LogP contribution in [0.5, 0.6) is 0 Å². The fraction of sp³-hybridized carbons (Fsp3) is 0.385. The van der Waals surface area contributed by atoms with E-state index in [0.717, 1.165) is 30.6 Å². The zero-order valence-corrected chi connectivity index (χ0v) is 11.4. The van der Waals surface area contributed by atoms with Gasteiger partial charge in [-0.1, -0.05) is 19.8 Å². The summed E-state index contributed by atoms with van der Waals surface area (Å²) in [7, 11) is 0. The van der Waals surface area contributed by atoms with Crippen LogP contribution < -0.4 is 10.6 Å². The third-order valence-electron chi connectivity index (χ3n) is 2.80. The second-order valence-electron chi connectivity index (χ2n) is 4.39. The van der Waals surface area contributed by atoms with E-state index in [1.54, 1.807) is 4.68 Å². The van der Waals surface area contributed by atoms with Crippen LogP contribution in [0.2, 0.25) is 0 Å². The van der Waals surface area contributed by atoms with Gasteiger partial charge in [-0.3, -0.25) is 0 Å². The molecule has 106 valence electrons. The summed E-state index contributed by atoms with van der Waals surface area (Å²) in [5.74, 6) is 0. The number of rotatable bonds is 6. The molecule has 0 unspecified atom stereocenters. The van der Waals surface area contributed by atoms with Gasteiger partial charge < -0.3 is 10.6 Å². The van der Waals surface area contributed by atoms with Crippen LogP contribution in [0.25, 0.3) is 5.69 Å². The number of carbonyl (C=O) groups is 1. The standard InChI is InChI=1S/C13H18N6O/c1-2-3-4-9-14-13(20)16-11-5-7-12(8-6-11)19-10-15-17-18-19/h5-8,10H,2-4,9H2,1H3,(H2,14,16,20). The fourth-order valence-electron chi connectivity index (χ4n) is 1.73. The van der Waals surface area contributed by atoms with Gasteiger partial charge in [0.15, 0.2) is 0 Å². The van der Waals surface area contributed by atoms with Crippen molar-refractivity contribution in [1.82, 2.24) is 25.5 Å². The van der Waals surface area contributed by atoms with Gasteiger partial charge in [0.1, 0.15) is 6.33 Å². The number of urea groups is 1. The molecule has 1 aromatic heterocycles. The molecule has 1 heterocycles. The van der Waals surface area contributed by atoms with E-state index in [4.69, 9.17) is 0 Å². The summed E-state index contributed by atoms with van der Waals surface area (Å²) >= 11 is 0. The van der Waals surface area contributed by atoms with E-state index in [1.165, 1.54) is 6.33 Å². The largest absolute Gasteiger partial charge is 0.338 e. The molecule has 2 aromatic rings. The molecule has 0 aliphatic heterocycles. The van der Waals surface area contributed by atoms with Crippen LogP contribution >= 0.6 is 0 Å². The molecular formula is C13H18N6O. The number of tetrazole rings is 1. The lowest BCUT2D eigenvalue weighted by Gasteiger charge is -2.08. The van der Waals surface area contributed by atoms with Crippen LogP contribution in [0.4, 0.5) is 10.5 Å². The SMILES string of the molecule is CCCCCNC(=O)Nc1ccc(-n2cnnn2)cc1. The van der Waals surface area contributed by atoms with Crippen LogP contribution in [0.1, 0.15) is 26.2 Å². The average Bonchev–Trinajstić information content (AvgIpc) is 2.99. The second kappa shape index (κ2) is 7.22. The van der Waals surface area contributed by atoms with Crippen molar-refractivity contribution in [2.24, 2.45) is 0 Å². The Morgan fingerprint density at radius 3 is 2.70 bits per heavy atom. The van der Waals surface area contributed by atoms with Crippen molar-refractivity contribution in [3.05, 3.63) is 30.6 Å². The van der Waals surface area contributed by atoms with Crippen LogP contribution in [0, 0.1) is 0 Å². The van der Waals surface area contributed by atoms with E-state index in [2.05, 4.69) is 33.1 Å². The Bertz CT molecular complexity index is 522. The van der Waals surface area contributed by atoms with E-state index >= 15 is 0 Å². The third kappa shape index (κ3) is 4.04. The Hall–Kier alpha value is -2.44. The van der Waals surface area contributed by atoms with Crippen molar-refractivity contribution in [3.63, 3.8) is 0 Å². The minimum absolute atomic E-state index is 0.184. The Morgan fingerprint density at radius 1 is 1.25 bits per heavy atom.